The summed E-state index contributed by atoms with van der Waals surface area (Å²) in [6.07, 6.45) is 0.898. The molecule has 1 aliphatic rings. The molecule has 0 fully saturated rings. The number of thiophene rings is 1. The number of hydrogen-bond donors (Lipinski definition) is 2. The third-order valence-electron chi connectivity index (χ3n) is 4.04. The number of fused-ring (bicyclic) bond motifs is 3. The fraction of sp³-hybridized carbons (Fsp3) is 0.250. The SMILES string of the molecule is CN1CCc2c(sc3nc(-c4ccc(O)cc4)[nH]c(=O)c23)C1. The van der Waals surface area contributed by atoms with Gasteiger partial charge in [0, 0.05) is 23.5 Å². The number of benzene rings is 1. The number of likely N-dealkylation sites (N-methyl/N-ethyl adjacent to an activating group) is 1. The summed E-state index contributed by atoms with van der Waals surface area (Å²) in [6.45, 7) is 1.85. The Hall–Kier alpha value is -2.18. The fourth-order valence-corrected chi connectivity index (χ4v) is 4.19. The fourth-order valence-electron chi connectivity index (χ4n) is 2.89. The van der Waals surface area contributed by atoms with Crippen molar-refractivity contribution < 1.29 is 5.11 Å². The van der Waals surface area contributed by atoms with E-state index in [9.17, 15) is 9.90 Å². The van der Waals surface area contributed by atoms with Crippen LogP contribution in [-0.4, -0.2) is 33.6 Å². The molecule has 0 amide bonds. The number of nitrogens with one attached hydrogen (secondary N) is 1. The largest absolute Gasteiger partial charge is 0.508 e. The van der Waals surface area contributed by atoms with E-state index in [4.69, 9.17) is 0 Å². The van der Waals surface area contributed by atoms with Crippen LogP contribution < -0.4 is 5.56 Å². The van der Waals surface area contributed by atoms with Crippen LogP contribution in [0, 0.1) is 0 Å². The topological polar surface area (TPSA) is 69.2 Å². The average Bonchev–Trinajstić information content (AvgIpc) is 2.85. The van der Waals surface area contributed by atoms with E-state index in [1.54, 1.807) is 35.6 Å². The molecule has 112 valence electrons. The highest BCUT2D eigenvalue weighted by atomic mass is 32.1. The summed E-state index contributed by atoms with van der Waals surface area (Å²) in [5.74, 6) is 0.742. The minimum absolute atomic E-state index is 0.0740. The predicted octanol–water partition coefficient (Wildman–Crippen LogP) is 2.35. The molecule has 6 heteroatoms. The van der Waals surface area contributed by atoms with Crippen LogP contribution in [0.3, 0.4) is 0 Å². The molecule has 2 aromatic heterocycles. The van der Waals surface area contributed by atoms with E-state index in [2.05, 4.69) is 21.9 Å². The first-order valence-electron chi connectivity index (χ1n) is 7.14. The molecule has 5 nitrogen and oxygen atoms in total. The third-order valence-corrected chi connectivity index (χ3v) is 5.15. The van der Waals surface area contributed by atoms with Crippen molar-refractivity contribution in [1.29, 1.82) is 0 Å². The number of aromatic hydroxyl groups is 1. The molecule has 0 atom stereocenters. The number of hydrogen-bond acceptors (Lipinski definition) is 5. The zero-order chi connectivity index (χ0) is 15.3. The van der Waals surface area contributed by atoms with Gasteiger partial charge in [0.15, 0.2) is 0 Å². The van der Waals surface area contributed by atoms with Crippen molar-refractivity contribution in [2.45, 2.75) is 13.0 Å². The smallest absolute Gasteiger partial charge is 0.260 e. The Labute approximate surface area is 130 Å². The van der Waals surface area contributed by atoms with E-state index in [0.29, 0.717) is 5.82 Å². The summed E-state index contributed by atoms with van der Waals surface area (Å²) in [5.41, 5.74) is 1.87. The van der Waals surface area contributed by atoms with Gasteiger partial charge in [0.1, 0.15) is 16.4 Å². The molecule has 3 heterocycles. The standard InChI is InChI=1S/C16H15N3O2S/c1-19-7-6-11-12(8-19)22-16-13(11)15(21)17-14(18-16)9-2-4-10(20)5-3-9/h2-5,20H,6-8H2,1H3,(H,17,18,21). The summed E-state index contributed by atoms with van der Waals surface area (Å²) >= 11 is 1.61. The normalized spacial score (nSPS) is 15.1. The van der Waals surface area contributed by atoms with Crippen LogP contribution in [0.2, 0.25) is 0 Å². The predicted molar refractivity (Wildman–Crippen MR) is 87.4 cm³/mol. The second kappa shape index (κ2) is 4.93. The van der Waals surface area contributed by atoms with E-state index < -0.39 is 0 Å². The van der Waals surface area contributed by atoms with E-state index >= 15 is 0 Å². The number of phenols is 1. The molecule has 4 rings (SSSR count). The van der Waals surface area contributed by atoms with Gasteiger partial charge >= 0.3 is 0 Å². The van der Waals surface area contributed by atoms with E-state index in [1.807, 2.05) is 0 Å². The second-order valence-electron chi connectivity index (χ2n) is 5.63. The molecule has 2 N–H and O–H groups in total. The van der Waals surface area contributed by atoms with Crippen LogP contribution >= 0.6 is 11.3 Å². The van der Waals surface area contributed by atoms with Gasteiger partial charge in [-0.3, -0.25) is 4.79 Å². The van der Waals surface area contributed by atoms with Gasteiger partial charge in [-0.2, -0.15) is 0 Å². The summed E-state index contributed by atoms with van der Waals surface area (Å²) in [4.78, 5) is 24.3. The van der Waals surface area contributed by atoms with Crippen LogP contribution in [0.4, 0.5) is 0 Å². The number of aromatic amines is 1. The molecule has 0 spiro atoms. The summed E-state index contributed by atoms with van der Waals surface area (Å²) < 4.78 is 0. The molecular formula is C16H15N3O2S. The molecule has 1 aromatic carbocycles. The lowest BCUT2D eigenvalue weighted by atomic mass is 10.1. The van der Waals surface area contributed by atoms with Crippen LogP contribution in [0.15, 0.2) is 29.1 Å². The lowest BCUT2D eigenvalue weighted by Gasteiger charge is -2.21. The van der Waals surface area contributed by atoms with Crippen LogP contribution in [0.1, 0.15) is 10.4 Å². The van der Waals surface area contributed by atoms with Crippen molar-refractivity contribution in [2.75, 3.05) is 13.6 Å². The summed E-state index contributed by atoms with van der Waals surface area (Å²) in [7, 11) is 2.09. The van der Waals surface area contributed by atoms with Crippen molar-refractivity contribution >= 4 is 21.6 Å². The molecule has 0 saturated heterocycles. The second-order valence-corrected chi connectivity index (χ2v) is 6.72. The quantitative estimate of drug-likeness (QED) is 0.723. The number of nitrogens with zero attached hydrogens (tertiary/aromatic N) is 2. The molecule has 0 radical (unpaired) electrons. The zero-order valence-electron chi connectivity index (χ0n) is 12.1. The summed E-state index contributed by atoms with van der Waals surface area (Å²) in [6, 6.07) is 6.68. The van der Waals surface area contributed by atoms with Gasteiger partial charge in [-0.1, -0.05) is 0 Å². The minimum atomic E-state index is -0.0740. The van der Waals surface area contributed by atoms with Crippen LogP contribution in [0.25, 0.3) is 21.6 Å². The molecule has 22 heavy (non-hydrogen) atoms. The number of aromatic nitrogens is 2. The first-order valence-corrected chi connectivity index (χ1v) is 7.96. The lowest BCUT2D eigenvalue weighted by molar-refractivity contribution is 0.318. The molecule has 0 saturated carbocycles. The third kappa shape index (κ3) is 2.12. The number of H-pyrrole nitrogens is 1. The van der Waals surface area contributed by atoms with Gasteiger partial charge in [-0.05, 0) is 43.3 Å². The first kappa shape index (κ1) is 13.5. The maximum Gasteiger partial charge on any atom is 0.260 e. The minimum Gasteiger partial charge on any atom is -0.508 e. The molecule has 1 aliphatic heterocycles. The molecule has 0 unspecified atom stereocenters. The van der Waals surface area contributed by atoms with Crippen molar-refractivity contribution in [3.05, 3.63) is 45.1 Å². The Kier molecular flexibility index (Phi) is 3.02. The summed E-state index contributed by atoms with van der Waals surface area (Å²) in [5, 5.41) is 10.1. The Bertz CT molecular complexity index is 912. The molecule has 3 aromatic rings. The zero-order valence-corrected chi connectivity index (χ0v) is 12.9. The lowest BCUT2D eigenvalue weighted by Crippen LogP contribution is -2.25. The van der Waals surface area contributed by atoms with Crippen molar-refractivity contribution in [1.82, 2.24) is 14.9 Å². The van der Waals surface area contributed by atoms with Crippen LogP contribution in [-0.2, 0) is 13.0 Å². The monoisotopic (exact) mass is 313 g/mol. The van der Waals surface area contributed by atoms with Crippen LogP contribution in [0.5, 0.6) is 5.75 Å². The van der Waals surface area contributed by atoms with E-state index in [0.717, 1.165) is 40.9 Å². The molecule has 0 bridgehead atoms. The van der Waals surface area contributed by atoms with Gasteiger partial charge in [0.05, 0.1) is 5.39 Å². The Balaban J connectivity index is 1.90. The van der Waals surface area contributed by atoms with Crippen molar-refractivity contribution in [3.8, 4) is 17.1 Å². The van der Waals surface area contributed by atoms with Gasteiger partial charge in [-0.15, -0.1) is 11.3 Å². The maximum absolute atomic E-state index is 12.5. The number of phenolic OH excluding ortho intramolecular Hbond substituents is 1. The van der Waals surface area contributed by atoms with Gasteiger partial charge in [0.25, 0.3) is 5.56 Å². The molecule has 0 aliphatic carbocycles. The maximum atomic E-state index is 12.5. The Morgan fingerprint density at radius 1 is 1.32 bits per heavy atom. The molecular weight excluding hydrogens is 298 g/mol. The Morgan fingerprint density at radius 2 is 2.09 bits per heavy atom. The number of rotatable bonds is 1. The highest BCUT2D eigenvalue weighted by Gasteiger charge is 2.22. The van der Waals surface area contributed by atoms with E-state index in [1.165, 1.54) is 4.88 Å². The first-order chi connectivity index (χ1) is 10.6. The van der Waals surface area contributed by atoms with Gasteiger partial charge in [0.2, 0.25) is 0 Å². The highest BCUT2D eigenvalue weighted by Crippen LogP contribution is 2.32. The van der Waals surface area contributed by atoms with E-state index in [-0.39, 0.29) is 11.3 Å². The average molecular weight is 313 g/mol. The van der Waals surface area contributed by atoms with Crippen molar-refractivity contribution in [2.24, 2.45) is 0 Å². The Morgan fingerprint density at radius 3 is 2.86 bits per heavy atom. The van der Waals surface area contributed by atoms with Gasteiger partial charge in [-0.25, -0.2) is 4.98 Å². The highest BCUT2D eigenvalue weighted by molar-refractivity contribution is 7.18. The van der Waals surface area contributed by atoms with Gasteiger partial charge < -0.3 is 15.0 Å². The van der Waals surface area contributed by atoms with Crippen molar-refractivity contribution in [3.63, 3.8) is 0 Å².